The fraction of sp³-hybridized carbons (Fsp3) is 0.412. The largest absolute Gasteiger partial charge is 0.373 e. The number of hydrogen-bond donors (Lipinski definition) is 1. The van der Waals surface area contributed by atoms with Gasteiger partial charge in [-0.25, -0.2) is 9.97 Å². The lowest BCUT2D eigenvalue weighted by Crippen LogP contribution is -2.06. The fourth-order valence-electron chi connectivity index (χ4n) is 2.29. The van der Waals surface area contributed by atoms with Crippen molar-refractivity contribution >= 4 is 5.82 Å². The van der Waals surface area contributed by atoms with Gasteiger partial charge in [0.05, 0.1) is 0 Å². The number of benzene rings is 1. The summed E-state index contributed by atoms with van der Waals surface area (Å²) >= 11 is 0. The van der Waals surface area contributed by atoms with Crippen LogP contribution in [0.25, 0.3) is 0 Å². The molecule has 2 rings (SSSR count). The van der Waals surface area contributed by atoms with Crippen LogP contribution in [-0.4, -0.2) is 17.0 Å². The lowest BCUT2D eigenvalue weighted by Gasteiger charge is -2.10. The molecule has 0 unspecified atom stereocenters. The molecule has 2 aromatic rings. The second-order valence-corrected chi connectivity index (χ2v) is 5.67. The van der Waals surface area contributed by atoms with Gasteiger partial charge in [-0.2, -0.15) is 0 Å². The van der Waals surface area contributed by atoms with E-state index in [1.165, 1.54) is 11.1 Å². The predicted octanol–water partition coefficient (Wildman–Crippen LogP) is 3.62. The number of rotatable bonds is 5. The SMILES string of the molecule is CNc1cc(CC(C)C)nc(Cc2cccc(C)c2)n1. The summed E-state index contributed by atoms with van der Waals surface area (Å²) in [5, 5.41) is 3.13. The van der Waals surface area contributed by atoms with Crippen molar-refractivity contribution in [3.05, 3.63) is 53.0 Å². The van der Waals surface area contributed by atoms with Crippen molar-refractivity contribution in [3.63, 3.8) is 0 Å². The Morgan fingerprint density at radius 2 is 1.95 bits per heavy atom. The molecule has 0 saturated heterocycles. The highest BCUT2D eigenvalue weighted by Gasteiger charge is 2.07. The third-order valence-electron chi connectivity index (χ3n) is 3.14. The quantitative estimate of drug-likeness (QED) is 0.901. The van der Waals surface area contributed by atoms with Gasteiger partial charge < -0.3 is 5.32 Å². The lowest BCUT2D eigenvalue weighted by molar-refractivity contribution is 0.631. The van der Waals surface area contributed by atoms with Gasteiger partial charge in [0.15, 0.2) is 0 Å². The van der Waals surface area contributed by atoms with Gasteiger partial charge in [-0.15, -0.1) is 0 Å². The van der Waals surface area contributed by atoms with Crippen LogP contribution in [0.3, 0.4) is 0 Å². The van der Waals surface area contributed by atoms with Gasteiger partial charge in [0.1, 0.15) is 11.6 Å². The van der Waals surface area contributed by atoms with E-state index < -0.39 is 0 Å². The van der Waals surface area contributed by atoms with Crippen LogP contribution in [-0.2, 0) is 12.8 Å². The predicted molar refractivity (Wildman–Crippen MR) is 84.1 cm³/mol. The van der Waals surface area contributed by atoms with Crippen LogP contribution in [0.4, 0.5) is 5.82 Å². The zero-order chi connectivity index (χ0) is 14.5. The van der Waals surface area contributed by atoms with Crippen molar-refractivity contribution in [2.24, 2.45) is 5.92 Å². The third-order valence-corrected chi connectivity index (χ3v) is 3.14. The van der Waals surface area contributed by atoms with Crippen molar-refractivity contribution in [2.75, 3.05) is 12.4 Å². The molecule has 0 amide bonds. The highest BCUT2D eigenvalue weighted by atomic mass is 15.0. The Morgan fingerprint density at radius 1 is 1.15 bits per heavy atom. The fourth-order valence-corrected chi connectivity index (χ4v) is 2.29. The summed E-state index contributed by atoms with van der Waals surface area (Å²) in [4.78, 5) is 9.26. The number of nitrogens with zero attached hydrogens (tertiary/aromatic N) is 2. The maximum atomic E-state index is 4.70. The van der Waals surface area contributed by atoms with Crippen molar-refractivity contribution in [1.82, 2.24) is 9.97 Å². The van der Waals surface area contributed by atoms with E-state index in [0.717, 1.165) is 30.2 Å². The minimum atomic E-state index is 0.599. The van der Waals surface area contributed by atoms with E-state index >= 15 is 0 Å². The normalized spacial score (nSPS) is 10.8. The zero-order valence-corrected chi connectivity index (χ0v) is 12.8. The zero-order valence-electron chi connectivity index (χ0n) is 12.8. The molecule has 0 fully saturated rings. The first-order valence-electron chi connectivity index (χ1n) is 7.17. The molecular weight excluding hydrogens is 246 g/mol. The van der Waals surface area contributed by atoms with Gasteiger partial charge in [0.2, 0.25) is 0 Å². The molecule has 0 spiro atoms. The van der Waals surface area contributed by atoms with E-state index in [4.69, 9.17) is 4.98 Å². The molecule has 106 valence electrons. The van der Waals surface area contributed by atoms with Crippen LogP contribution in [0.2, 0.25) is 0 Å². The van der Waals surface area contributed by atoms with Crippen LogP contribution in [0.1, 0.15) is 36.5 Å². The number of anilines is 1. The van der Waals surface area contributed by atoms with E-state index in [1.807, 2.05) is 13.1 Å². The summed E-state index contributed by atoms with van der Waals surface area (Å²) in [6.45, 7) is 6.53. The van der Waals surface area contributed by atoms with Crippen LogP contribution >= 0.6 is 0 Å². The first-order chi connectivity index (χ1) is 9.56. The van der Waals surface area contributed by atoms with Gasteiger partial charge in [-0.1, -0.05) is 43.7 Å². The monoisotopic (exact) mass is 269 g/mol. The maximum Gasteiger partial charge on any atom is 0.135 e. The number of hydrogen-bond acceptors (Lipinski definition) is 3. The van der Waals surface area contributed by atoms with E-state index in [9.17, 15) is 0 Å². The molecule has 3 nitrogen and oxygen atoms in total. The molecular formula is C17H23N3. The van der Waals surface area contributed by atoms with Crippen molar-refractivity contribution < 1.29 is 0 Å². The van der Waals surface area contributed by atoms with Crippen LogP contribution in [0, 0.1) is 12.8 Å². The number of nitrogens with one attached hydrogen (secondary N) is 1. The molecule has 0 saturated carbocycles. The molecule has 0 bridgehead atoms. The van der Waals surface area contributed by atoms with E-state index in [0.29, 0.717) is 5.92 Å². The molecule has 0 aliphatic heterocycles. The van der Waals surface area contributed by atoms with Gasteiger partial charge in [-0.3, -0.25) is 0 Å². The highest BCUT2D eigenvalue weighted by Crippen LogP contribution is 2.14. The molecule has 1 N–H and O–H groups in total. The summed E-state index contributed by atoms with van der Waals surface area (Å²) in [7, 11) is 1.90. The molecule has 0 atom stereocenters. The Labute approximate surface area is 121 Å². The Morgan fingerprint density at radius 3 is 2.60 bits per heavy atom. The Balaban J connectivity index is 2.26. The summed E-state index contributed by atoms with van der Waals surface area (Å²) in [6.07, 6.45) is 1.76. The number of aromatic nitrogens is 2. The lowest BCUT2D eigenvalue weighted by atomic mass is 10.1. The Kier molecular flexibility index (Phi) is 4.72. The molecule has 1 heterocycles. The Hall–Kier alpha value is -1.90. The summed E-state index contributed by atoms with van der Waals surface area (Å²) in [5.74, 6) is 2.39. The maximum absolute atomic E-state index is 4.70. The second kappa shape index (κ2) is 6.51. The van der Waals surface area contributed by atoms with Crippen molar-refractivity contribution in [1.29, 1.82) is 0 Å². The molecule has 0 aliphatic carbocycles. The number of aryl methyl sites for hydroxylation is 1. The standard InChI is InChI=1S/C17H23N3/c1-12(2)8-15-11-16(18-4)20-17(19-15)10-14-7-5-6-13(3)9-14/h5-7,9,11-12H,8,10H2,1-4H3,(H,18,19,20). The van der Waals surface area contributed by atoms with Crippen LogP contribution < -0.4 is 5.32 Å². The van der Waals surface area contributed by atoms with Crippen LogP contribution in [0.5, 0.6) is 0 Å². The molecule has 0 radical (unpaired) electrons. The Bertz CT molecular complexity index is 576. The smallest absolute Gasteiger partial charge is 0.135 e. The minimum Gasteiger partial charge on any atom is -0.373 e. The van der Waals surface area contributed by atoms with Gasteiger partial charge in [0, 0.05) is 25.2 Å². The molecule has 0 aliphatic rings. The summed E-state index contributed by atoms with van der Waals surface area (Å²) in [6, 6.07) is 10.6. The summed E-state index contributed by atoms with van der Waals surface area (Å²) in [5.41, 5.74) is 3.64. The molecule has 1 aromatic carbocycles. The van der Waals surface area contributed by atoms with E-state index in [-0.39, 0.29) is 0 Å². The van der Waals surface area contributed by atoms with Crippen molar-refractivity contribution in [2.45, 2.75) is 33.6 Å². The molecule has 1 aromatic heterocycles. The highest BCUT2D eigenvalue weighted by molar-refractivity contribution is 5.36. The molecule has 3 heteroatoms. The van der Waals surface area contributed by atoms with Gasteiger partial charge >= 0.3 is 0 Å². The minimum absolute atomic E-state index is 0.599. The molecule has 20 heavy (non-hydrogen) atoms. The first-order valence-corrected chi connectivity index (χ1v) is 7.17. The van der Waals surface area contributed by atoms with Gasteiger partial charge in [0.25, 0.3) is 0 Å². The average molecular weight is 269 g/mol. The third kappa shape index (κ3) is 4.05. The second-order valence-electron chi connectivity index (χ2n) is 5.67. The van der Waals surface area contributed by atoms with E-state index in [1.54, 1.807) is 0 Å². The van der Waals surface area contributed by atoms with Gasteiger partial charge in [-0.05, 0) is 24.8 Å². The first kappa shape index (κ1) is 14.5. The van der Waals surface area contributed by atoms with E-state index in [2.05, 4.69) is 55.3 Å². The van der Waals surface area contributed by atoms with Crippen LogP contribution in [0.15, 0.2) is 30.3 Å². The van der Waals surface area contributed by atoms with Crippen molar-refractivity contribution in [3.8, 4) is 0 Å². The average Bonchev–Trinajstić information content (AvgIpc) is 2.37. The summed E-state index contributed by atoms with van der Waals surface area (Å²) < 4.78 is 0. The topological polar surface area (TPSA) is 37.8 Å².